The molecule has 8 heteroatoms. The smallest absolute Gasteiger partial charge is 0.367 e. The van der Waals surface area contributed by atoms with Gasteiger partial charge in [-0.05, 0) is 0 Å². The molecule has 0 aliphatic carbocycles. The molecule has 0 amide bonds. The van der Waals surface area contributed by atoms with E-state index >= 15 is 0 Å². The number of aromatic nitrogens is 4. The first-order valence-corrected chi connectivity index (χ1v) is 4.51. The highest BCUT2D eigenvalue weighted by Gasteiger charge is 2.26. The van der Waals surface area contributed by atoms with Crippen LogP contribution in [0.4, 0.5) is 19.0 Å². The van der Waals surface area contributed by atoms with E-state index in [4.69, 9.17) is 0 Å². The van der Waals surface area contributed by atoms with Crippen LogP contribution in [0.5, 0.6) is 0 Å². The third-order valence-electron chi connectivity index (χ3n) is 1.92. The van der Waals surface area contributed by atoms with Gasteiger partial charge in [0.05, 0.1) is 6.42 Å². The topological polar surface area (TPSA) is 55.1 Å². The summed E-state index contributed by atoms with van der Waals surface area (Å²) in [7, 11) is 0. The van der Waals surface area contributed by atoms with E-state index in [-0.39, 0.29) is 6.54 Å². The summed E-state index contributed by atoms with van der Waals surface area (Å²) in [6.45, 7) is -0.233. The van der Waals surface area contributed by atoms with E-state index in [1.165, 1.54) is 12.5 Å². The van der Waals surface area contributed by atoms with Crippen molar-refractivity contribution in [2.75, 3.05) is 11.9 Å². The van der Waals surface area contributed by atoms with Gasteiger partial charge in [0.25, 0.3) is 0 Å². The maximum atomic E-state index is 11.9. The summed E-state index contributed by atoms with van der Waals surface area (Å²) in [5.41, 5.74) is 0.407. The number of nitrogens with zero attached hydrogens (tertiary/aromatic N) is 4. The largest absolute Gasteiger partial charge is 0.390 e. The summed E-state index contributed by atoms with van der Waals surface area (Å²) in [6, 6.07) is 0. The summed E-state index contributed by atoms with van der Waals surface area (Å²) in [4.78, 5) is 3.90. The number of anilines is 1. The molecule has 0 radical (unpaired) electrons. The second kappa shape index (κ2) is 3.95. The number of hydrogen-bond donors (Lipinski definition) is 1. The molecular formula is C8H8F3N5. The van der Waals surface area contributed by atoms with Crippen molar-refractivity contribution in [3.8, 4) is 0 Å². The highest BCUT2D eigenvalue weighted by Crippen LogP contribution is 2.19. The molecule has 0 atom stereocenters. The lowest BCUT2D eigenvalue weighted by atomic mass is 10.4. The van der Waals surface area contributed by atoms with Crippen LogP contribution in [0.15, 0.2) is 18.7 Å². The zero-order valence-electron chi connectivity index (χ0n) is 8.07. The van der Waals surface area contributed by atoms with Gasteiger partial charge < -0.3 is 5.32 Å². The van der Waals surface area contributed by atoms with Crippen LogP contribution >= 0.6 is 0 Å². The Balaban J connectivity index is 2.07. The first kappa shape index (κ1) is 10.7. The predicted molar refractivity (Wildman–Crippen MR) is 49.9 cm³/mol. The Bertz CT molecular complexity index is 478. The minimum absolute atomic E-state index is 0.233. The average molecular weight is 231 g/mol. The molecule has 0 aliphatic rings. The molecule has 2 rings (SSSR count). The molecule has 2 aromatic rings. The van der Waals surface area contributed by atoms with E-state index in [2.05, 4.69) is 20.5 Å². The van der Waals surface area contributed by atoms with Crippen LogP contribution in [0.25, 0.3) is 5.65 Å². The van der Waals surface area contributed by atoms with Crippen molar-refractivity contribution in [3.63, 3.8) is 0 Å². The summed E-state index contributed by atoms with van der Waals surface area (Å²) in [5.74, 6) is 0.296. The van der Waals surface area contributed by atoms with Gasteiger partial charge in [-0.15, -0.1) is 10.2 Å². The van der Waals surface area contributed by atoms with Gasteiger partial charge in [-0.2, -0.15) is 13.2 Å². The standard InChI is InChI=1S/C8H8F3N5/c9-8(10,11)1-2-12-6-7-15-14-5-16(7)4-3-13-6/h3-5H,1-2H2,(H,12,13). The molecule has 0 aliphatic heterocycles. The van der Waals surface area contributed by atoms with Gasteiger partial charge in [-0.1, -0.05) is 0 Å². The van der Waals surface area contributed by atoms with E-state index in [1.807, 2.05) is 0 Å². The molecule has 0 spiro atoms. The van der Waals surface area contributed by atoms with Gasteiger partial charge in [0.2, 0.25) is 5.65 Å². The molecule has 86 valence electrons. The Morgan fingerprint density at radius 2 is 2.19 bits per heavy atom. The van der Waals surface area contributed by atoms with E-state index in [0.29, 0.717) is 11.5 Å². The lowest BCUT2D eigenvalue weighted by Crippen LogP contribution is -2.15. The van der Waals surface area contributed by atoms with Crippen LogP contribution in [0, 0.1) is 0 Å². The average Bonchev–Trinajstić information content (AvgIpc) is 2.64. The molecule has 0 saturated carbocycles. The first-order chi connectivity index (χ1) is 7.56. The van der Waals surface area contributed by atoms with Gasteiger partial charge in [0.15, 0.2) is 5.82 Å². The monoisotopic (exact) mass is 231 g/mol. The van der Waals surface area contributed by atoms with Crippen molar-refractivity contribution in [2.45, 2.75) is 12.6 Å². The zero-order valence-corrected chi connectivity index (χ0v) is 8.07. The fraction of sp³-hybridized carbons (Fsp3) is 0.375. The van der Waals surface area contributed by atoms with E-state index in [0.717, 1.165) is 0 Å². The van der Waals surface area contributed by atoms with Crippen LogP contribution < -0.4 is 5.32 Å². The van der Waals surface area contributed by atoms with Gasteiger partial charge in [0.1, 0.15) is 6.33 Å². The summed E-state index contributed by atoms with van der Waals surface area (Å²) in [6.07, 6.45) is -0.557. The van der Waals surface area contributed by atoms with Gasteiger partial charge in [-0.3, -0.25) is 4.40 Å². The quantitative estimate of drug-likeness (QED) is 0.869. The maximum Gasteiger partial charge on any atom is 0.390 e. The molecule has 16 heavy (non-hydrogen) atoms. The Hall–Kier alpha value is -1.86. The molecule has 0 bridgehead atoms. The Morgan fingerprint density at radius 3 is 2.94 bits per heavy atom. The lowest BCUT2D eigenvalue weighted by molar-refractivity contribution is -0.131. The van der Waals surface area contributed by atoms with Gasteiger partial charge >= 0.3 is 6.18 Å². The van der Waals surface area contributed by atoms with Crippen molar-refractivity contribution in [1.82, 2.24) is 19.6 Å². The molecule has 0 fully saturated rings. The molecule has 5 nitrogen and oxygen atoms in total. The normalized spacial score (nSPS) is 11.9. The second-order valence-corrected chi connectivity index (χ2v) is 3.13. The minimum Gasteiger partial charge on any atom is -0.367 e. The third kappa shape index (κ3) is 2.38. The fourth-order valence-corrected chi connectivity index (χ4v) is 1.21. The molecule has 0 aromatic carbocycles. The number of halogens is 3. The Kier molecular flexibility index (Phi) is 2.63. The number of fused-ring (bicyclic) bond motifs is 1. The van der Waals surface area contributed by atoms with Crippen LogP contribution in [-0.4, -0.2) is 32.3 Å². The maximum absolute atomic E-state index is 11.9. The molecule has 0 unspecified atom stereocenters. The van der Waals surface area contributed by atoms with Crippen LogP contribution in [0.2, 0.25) is 0 Å². The van der Waals surface area contributed by atoms with Crippen molar-refractivity contribution in [3.05, 3.63) is 18.7 Å². The SMILES string of the molecule is FC(F)(F)CCNc1nccn2cnnc12. The predicted octanol–water partition coefficient (Wildman–Crippen LogP) is 1.49. The van der Waals surface area contributed by atoms with Crippen molar-refractivity contribution >= 4 is 11.5 Å². The number of nitrogens with one attached hydrogen (secondary N) is 1. The summed E-state index contributed by atoms with van der Waals surface area (Å²) >= 11 is 0. The number of rotatable bonds is 3. The highest BCUT2D eigenvalue weighted by atomic mass is 19.4. The molecule has 2 aromatic heterocycles. The minimum atomic E-state index is -4.17. The molecular weight excluding hydrogens is 223 g/mol. The van der Waals surface area contributed by atoms with Crippen molar-refractivity contribution in [1.29, 1.82) is 0 Å². The Labute approximate surface area is 88.3 Å². The Morgan fingerprint density at radius 1 is 1.38 bits per heavy atom. The van der Waals surface area contributed by atoms with E-state index in [9.17, 15) is 13.2 Å². The zero-order chi connectivity index (χ0) is 11.6. The summed E-state index contributed by atoms with van der Waals surface area (Å²) < 4.78 is 37.3. The van der Waals surface area contributed by atoms with Gasteiger partial charge in [0, 0.05) is 18.9 Å². The van der Waals surface area contributed by atoms with E-state index < -0.39 is 12.6 Å². The third-order valence-corrected chi connectivity index (χ3v) is 1.92. The molecule has 0 saturated heterocycles. The lowest BCUT2D eigenvalue weighted by Gasteiger charge is -2.08. The molecule has 1 N–H and O–H groups in total. The van der Waals surface area contributed by atoms with E-state index in [1.54, 1.807) is 10.6 Å². The van der Waals surface area contributed by atoms with Crippen molar-refractivity contribution in [2.24, 2.45) is 0 Å². The second-order valence-electron chi connectivity index (χ2n) is 3.13. The van der Waals surface area contributed by atoms with Gasteiger partial charge in [-0.25, -0.2) is 4.98 Å². The first-order valence-electron chi connectivity index (χ1n) is 4.51. The van der Waals surface area contributed by atoms with Crippen molar-refractivity contribution < 1.29 is 13.2 Å². The van der Waals surface area contributed by atoms with Crippen LogP contribution in [-0.2, 0) is 0 Å². The molecule has 2 heterocycles. The highest BCUT2D eigenvalue weighted by molar-refractivity contribution is 5.61. The van der Waals surface area contributed by atoms with Crippen LogP contribution in [0.1, 0.15) is 6.42 Å². The number of hydrogen-bond acceptors (Lipinski definition) is 4. The summed E-state index contributed by atoms with van der Waals surface area (Å²) in [5, 5.41) is 9.95. The van der Waals surface area contributed by atoms with Crippen LogP contribution in [0.3, 0.4) is 0 Å². The fourth-order valence-electron chi connectivity index (χ4n) is 1.21. The number of alkyl halides is 3.